The van der Waals surface area contributed by atoms with Crippen LogP contribution in [0.3, 0.4) is 0 Å². The molecule has 4 heterocycles. The molecule has 1 N–H and O–H groups in total. The van der Waals surface area contributed by atoms with Gasteiger partial charge >= 0.3 is 0 Å². The number of hydrogen-bond acceptors (Lipinski definition) is 5. The van der Waals surface area contributed by atoms with E-state index in [0.29, 0.717) is 43.8 Å². The summed E-state index contributed by atoms with van der Waals surface area (Å²) in [5.41, 5.74) is 2.59. The van der Waals surface area contributed by atoms with Crippen LogP contribution in [0.15, 0.2) is 10.9 Å². The number of fused-ring (bicyclic) bond motifs is 2. The Balaban J connectivity index is 1.45. The van der Waals surface area contributed by atoms with Gasteiger partial charge in [-0.2, -0.15) is 0 Å². The van der Waals surface area contributed by atoms with Crippen LogP contribution in [-0.4, -0.2) is 63.5 Å². The minimum absolute atomic E-state index is 0.00569. The van der Waals surface area contributed by atoms with Crippen LogP contribution in [0.2, 0.25) is 0 Å². The third-order valence-corrected chi connectivity index (χ3v) is 8.45. The third-order valence-electron chi connectivity index (χ3n) is 6.60. The summed E-state index contributed by atoms with van der Waals surface area (Å²) in [6.45, 7) is 3.55. The minimum atomic E-state index is -3.23. The van der Waals surface area contributed by atoms with Crippen molar-refractivity contribution >= 4 is 21.6 Å². The van der Waals surface area contributed by atoms with Gasteiger partial charge in [0.25, 0.3) is 5.56 Å². The Hall–Kier alpha value is -2.20. The van der Waals surface area contributed by atoms with Gasteiger partial charge in [0.05, 0.1) is 23.6 Å². The molecule has 10 heteroatoms. The van der Waals surface area contributed by atoms with Gasteiger partial charge in [-0.1, -0.05) is 0 Å². The molecule has 9 nitrogen and oxygen atoms in total. The first-order chi connectivity index (χ1) is 14.4. The summed E-state index contributed by atoms with van der Waals surface area (Å²) in [7, 11) is -3.23. The Morgan fingerprint density at radius 2 is 2.07 bits per heavy atom. The highest BCUT2D eigenvalue weighted by Crippen LogP contribution is 2.32. The fourth-order valence-electron chi connectivity index (χ4n) is 4.62. The molecule has 0 spiro atoms. The van der Waals surface area contributed by atoms with Crippen molar-refractivity contribution in [3.63, 3.8) is 0 Å². The van der Waals surface area contributed by atoms with Gasteiger partial charge in [0.1, 0.15) is 0 Å². The maximum atomic E-state index is 13.1. The number of H-pyrrole nitrogens is 1. The normalized spacial score (nSPS) is 23.0. The van der Waals surface area contributed by atoms with E-state index < -0.39 is 10.0 Å². The van der Waals surface area contributed by atoms with Crippen molar-refractivity contribution in [2.75, 3.05) is 25.4 Å². The standard InChI is InChI=1S/C20H27N5O4S/c1-2-30(28,29)24-8-3-4-14(11-24)17-10-18-21-16-7-9-23(19(26)13-5-6-13)12-15(16)20(27)25(18)22-17/h10,13-14,22H,2-9,11-12H2,1H3. The van der Waals surface area contributed by atoms with E-state index >= 15 is 0 Å². The number of nitrogens with zero attached hydrogens (tertiary/aromatic N) is 4. The van der Waals surface area contributed by atoms with E-state index in [2.05, 4.69) is 5.10 Å². The lowest BCUT2D eigenvalue weighted by Gasteiger charge is -2.31. The fourth-order valence-corrected chi connectivity index (χ4v) is 5.80. The van der Waals surface area contributed by atoms with Crippen LogP contribution >= 0.6 is 0 Å². The van der Waals surface area contributed by atoms with Gasteiger partial charge in [0, 0.05) is 49.7 Å². The van der Waals surface area contributed by atoms with Gasteiger partial charge in [-0.3, -0.25) is 14.7 Å². The molecule has 1 amide bonds. The topological polar surface area (TPSA) is 108 Å². The molecule has 3 aliphatic rings. The van der Waals surface area contributed by atoms with Crippen LogP contribution in [0.4, 0.5) is 0 Å². The van der Waals surface area contributed by atoms with E-state index in [1.54, 1.807) is 16.1 Å². The molecule has 1 saturated heterocycles. The van der Waals surface area contributed by atoms with Crippen LogP contribution in [0.5, 0.6) is 0 Å². The first kappa shape index (κ1) is 19.7. The van der Waals surface area contributed by atoms with Crippen molar-refractivity contribution in [2.45, 2.75) is 51.5 Å². The van der Waals surface area contributed by atoms with Gasteiger partial charge in [0.15, 0.2) is 5.65 Å². The molecule has 1 unspecified atom stereocenters. The zero-order chi connectivity index (χ0) is 21.0. The second-order valence-electron chi connectivity index (χ2n) is 8.63. The lowest BCUT2D eigenvalue weighted by Crippen LogP contribution is -2.41. The molecule has 1 atom stereocenters. The van der Waals surface area contributed by atoms with Crippen LogP contribution < -0.4 is 5.56 Å². The Kier molecular flexibility index (Phi) is 4.73. The second kappa shape index (κ2) is 7.19. The summed E-state index contributed by atoms with van der Waals surface area (Å²) in [6, 6.07) is 1.87. The minimum Gasteiger partial charge on any atom is -0.337 e. The van der Waals surface area contributed by atoms with E-state index in [9.17, 15) is 18.0 Å². The van der Waals surface area contributed by atoms with Crippen molar-refractivity contribution in [3.05, 3.63) is 33.4 Å². The molecule has 0 bridgehead atoms. The molecule has 1 saturated carbocycles. The van der Waals surface area contributed by atoms with Crippen molar-refractivity contribution in [1.82, 2.24) is 23.8 Å². The summed E-state index contributed by atoms with van der Waals surface area (Å²) < 4.78 is 27.6. The highest BCUT2D eigenvalue weighted by atomic mass is 32.2. The average Bonchev–Trinajstić information content (AvgIpc) is 3.52. The zero-order valence-electron chi connectivity index (χ0n) is 17.1. The van der Waals surface area contributed by atoms with E-state index in [1.807, 2.05) is 6.07 Å². The van der Waals surface area contributed by atoms with Gasteiger partial charge < -0.3 is 4.90 Å². The van der Waals surface area contributed by atoms with E-state index in [1.165, 1.54) is 4.52 Å². The van der Waals surface area contributed by atoms with E-state index in [0.717, 1.165) is 37.1 Å². The zero-order valence-corrected chi connectivity index (χ0v) is 17.9. The lowest BCUT2D eigenvalue weighted by molar-refractivity contribution is -0.133. The Bertz CT molecular complexity index is 1160. The summed E-state index contributed by atoms with van der Waals surface area (Å²) in [5, 5.41) is 3.17. The number of nitrogens with one attached hydrogen (secondary N) is 1. The lowest BCUT2D eigenvalue weighted by atomic mass is 9.96. The van der Waals surface area contributed by atoms with Crippen molar-refractivity contribution in [3.8, 4) is 0 Å². The molecule has 2 aromatic rings. The predicted molar refractivity (Wildman–Crippen MR) is 111 cm³/mol. The van der Waals surface area contributed by atoms with Crippen molar-refractivity contribution < 1.29 is 13.2 Å². The number of amides is 1. The Morgan fingerprint density at radius 1 is 1.27 bits per heavy atom. The summed E-state index contributed by atoms with van der Waals surface area (Å²) in [4.78, 5) is 32.0. The van der Waals surface area contributed by atoms with E-state index in [-0.39, 0.29) is 29.1 Å². The molecule has 2 aliphatic heterocycles. The molecule has 2 aromatic heterocycles. The molecule has 2 fully saturated rings. The maximum absolute atomic E-state index is 13.1. The number of aromatic amines is 1. The SMILES string of the molecule is CCS(=O)(=O)N1CCCC(c2cc3nc4c(c(=O)n3[nH]2)CN(C(=O)C2CC2)CC4)C1. The van der Waals surface area contributed by atoms with Crippen LogP contribution in [-0.2, 0) is 27.8 Å². The van der Waals surface area contributed by atoms with Gasteiger partial charge in [0.2, 0.25) is 15.9 Å². The highest BCUT2D eigenvalue weighted by Gasteiger charge is 2.36. The summed E-state index contributed by atoms with van der Waals surface area (Å²) >= 11 is 0. The first-order valence-electron chi connectivity index (χ1n) is 10.8. The molecule has 162 valence electrons. The number of carbonyl (C=O) groups is 1. The van der Waals surface area contributed by atoms with Crippen LogP contribution in [0, 0.1) is 5.92 Å². The molecule has 1 aliphatic carbocycles. The van der Waals surface area contributed by atoms with Gasteiger partial charge in [-0.25, -0.2) is 22.2 Å². The second-order valence-corrected chi connectivity index (χ2v) is 10.9. The number of carbonyl (C=O) groups excluding carboxylic acids is 1. The summed E-state index contributed by atoms with van der Waals surface area (Å²) in [6.07, 6.45) is 4.14. The molecular formula is C20H27N5O4S. The largest absolute Gasteiger partial charge is 0.337 e. The molecule has 30 heavy (non-hydrogen) atoms. The summed E-state index contributed by atoms with van der Waals surface area (Å²) in [5.74, 6) is 0.385. The number of rotatable bonds is 4. The van der Waals surface area contributed by atoms with Crippen LogP contribution in [0.25, 0.3) is 5.65 Å². The number of piperidine rings is 1. The van der Waals surface area contributed by atoms with Crippen molar-refractivity contribution in [2.24, 2.45) is 5.92 Å². The number of hydrogen-bond donors (Lipinski definition) is 1. The van der Waals surface area contributed by atoms with Gasteiger partial charge in [-0.15, -0.1) is 0 Å². The molecule has 0 aromatic carbocycles. The Morgan fingerprint density at radius 3 is 2.80 bits per heavy atom. The fraction of sp³-hybridized carbons (Fsp3) is 0.650. The molecular weight excluding hydrogens is 406 g/mol. The maximum Gasteiger partial charge on any atom is 0.277 e. The van der Waals surface area contributed by atoms with Crippen LogP contribution in [0.1, 0.15) is 55.5 Å². The monoisotopic (exact) mass is 433 g/mol. The molecule has 0 radical (unpaired) electrons. The van der Waals surface area contributed by atoms with Crippen molar-refractivity contribution in [1.29, 1.82) is 0 Å². The Labute approximate surface area is 175 Å². The van der Waals surface area contributed by atoms with Gasteiger partial charge in [-0.05, 0) is 32.6 Å². The quantitative estimate of drug-likeness (QED) is 0.769. The smallest absolute Gasteiger partial charge is 0.277 e. The average molecular weight is 434 g/mol. The third kappa shape index (κ3) is 3.35. The highest BCUT2D eigenvalue weighted by molar-refractivity contribution is 7.89. The van der Waals surface area contributed by atoms with E-state index in [4.69, 9.17) is 4.98 Å². The number of sulfonamides is 1. The predicted octanol–water partition coefficient (Wildman–Crippen LogP) is 0.846. The number of aromatic nitrogens is 3. The molecule has 5 rings (SSSR count). The first-order valence-corrected chi connectivity index (χ1v) is 12.4.